The lowest BCUT2D eigenvalue weighted by Gasteiger charge is -2.36. The molecular formula is C12H21N3O3. The van der Waals surface area contributed by atoms with Crippen molar-refractivity contribution in [1.82, 2.24) is 9.80 Å². The van der Waals surface area contributed by atoms with Crippen LogP contribution in [0.25, 0.3) is 0 Å². The summed E-state index contributed by atoms with van der Waals surface area (Å²) >= 11 is 0. The van der Waals surface area contributed by atoms with Crippen LogP contribution < -0.4 is 5.73 Å². The van der Waals surface area contributed by atoms with Crippen molar-refractivity contribution in [2.24, 2.45) is 11.7 Å². The number of nitrogens with two attached hydrogens (primary N) is 1. The molecule has 3 amide bonds. The first-order chi connectivity index (χ1) is 8.58. The molecule has 3 N–H and O–H groups in total. The minimum atomic E-state index is -0.453. The highest BCUT2D eigenvalue weighted by molar-refractivity contribution is 5.80. The van der Waals surface area contributed by atoms with Gasteiger partial charge in [-0.15, -0.1) is 0 Å². The molecule has 2 saturated heterocycles. The van der Waals surface area contributed by atoms with E-state index in [9.17, 15) is 14.7 Å². The average molecular weight is 255 g/mol. The standard InChI is InChI=1S/C12H21N3O3/c13-12(18)15-6-1-3-9(7-15)11(17)14-5-2-4-10(16)8-14/h9-10,16H,1-8H2,(H2,13,18)/t9?,10-/m0/s1. The molecule has 0 aromatic heterocycles. The van der Waals surface area contributed by atoms with Gasteiger partial charge < -0.3 is 20.6 Å². The first kappa shape index (κ1) is 13.1. The zero-order valence-electron chi connectivity index (χ0n) is 10.5. The van der Waals surface area contributed by atoms with Crippen molar-refractivity contribution in [3.05, 3.63) is 0 Å². The summed E-state index contributed by atoms with van der Waals surface area (Å²) in [6.45, 7) is 2.19. The van der Waals surface area contributed by atoms with Crippen LogP contribution in [0.3, 0.4) is 0 Å². The molecule has 0 bridgehead atoms. The Morgan fingerprint density at radius 1 is 1.06 bits per heavy atom. The van der Waals surface area contributed by atoms with Gasteiger partial charge in [-0.3, -0.25) is 4.79 Å². The highest BCUT2D eigenvalue weighted by Gasteiger charge is 2.32. The van der Waals surface area contributed by atoms with Gasteiger partial charge in [0, 0.05) is 26.2 Å². The van der Waals surface area contributed by atoms with Gasteiger partial charge in [0.2, 0.25) is 5.91 Å². The number of aliphatic hydroxyl groups is 1. The van der Waals surface area contributed by atoms with E-state index in [2.05, 4.69) is 0 Å². The second kappa shape index (κ2) is 5.56. The molecular weight excluding hydrogens is 234 g/mol. The van der Waals surface area contributed by atoms with Crippen molar-refractivity contribution >= 4 is 11.9 Å². The summed E-state index contributed by atoms with van der Waals surface area (Å²) in [6.07, 6.45) is 2.82. The molecule has 0 aliphatic carbocycles. The monoisotopic (exact) mass is 255 g/mol. The third-order valence-electron chi connectivity index (χ3n) is 3.79. The van der Waals surface area contributed by atoms with Gasteiger partial charge in [0.05, 0.1) is 12.0 Å². The van der Waals surface area contributed by atoms with Gasteiger partial charge in [0.1, 0.15) is 0 Å². The molecule has 2 fully saturated rings. The van der Waals surface area contributed by atoms with Crippen molar-refractivity contribution in [3.63, 3.8) is 0 Å². The molecule has 2 aliphatic heterocycles. The number of carbonyl (C=O) groups is 2. The van der Waals surface area contributed by atoms with Crippen molar-refractivity contribution in [2.45, 2.75) is 31.8 Å². The predicted molar refractivity (Wildman–Crippen MR) is 65.7 cm³/mol. The summed E-state index contributed by atoms with van der Waals surface area (Å²) in [5.41, 5.74) is 5.25. The molecule has 6 heteroatoms. The van der Waals surface area contributed by atoms with Crippen molar-refractivity contribution in [2.75, 3.05) is 26.2 Å². The van der Waals surface area contributed by atoms with Crippen LogP contribution in [-0.4, -0.2) is 59.1 Å². The minimum Gasteiger partial charge on any atom is -0.391 e. The molecule has 18 heavy (non-hydrogen) atoms. The van der Waals surface area contributed by atoms with Gasteiger partial charge in [-0.1, -0.05) is 0 Å². The molecule has 0 aromatic rings. The third kappa shape index (κ3) is 2.93. The zero-order valence-corrected chi connectivity index (χ0v) is 10.5. The Kier molecular flexibility index (Phi) is 4.06. The summed E-state index contributed by atoms with van der Waals surface area (Å²) in [6, 6.07) is -0.453. The van der Waals surface area contributed by atoms with Crippen LogP contribution in [0.5, 0.6) is 0 Å². The fourth-order valence-corrected chi connectivity index (χ4v) is 2.79. The Morgan fingerprint density at radius 2 is 1.72 bits per heavy atom. The lowest BCUT2D eigenvalue weighted by molar-refractivity contribution is -0.140. The molecule has 0 aromatic carbocycles. The fourth-order valence-electron chi connectivity index (χ4n) is 2.79. The number of piperidine rings is 2. The summed E-state index contributed by atoms with van der Waals surface area (Å²) in [7, 11) is 0. The maximum atomic E-state index is 12.3. The van der Waals surface area contributed by atoms with E-state index in [0.717, 1.165) is 25.7 Å². The summed E-state index contributed by atoms with van der Waals surface area (Å²) in [5, 5.41) is 9.59. The molecule has 6 nitrogen and oxygen atoms in total. The maximum absolute atomic E-state index is 12.3. The molecule has 0 saturated carbocycles. The zero-order chi connectivity index (χ0) is 13.1. The number of aliphatic hydroxyl groups excluding tert-OH is 1. The minimum absolute atomic E-state index is 0.0553. The summed E-state index contributed by atoms with van der Waals surface area (Å²) in [5.74, 6) is -0.101. The second-order valence-electron chi connectivity index (χ2n) is 5.20. The molecule has 0 radical (unpaired) electrons. The van der Waals surface area contributed by atoms with Crippen molar-refractivity contribution in [1.29, 1.82) is 0 Å². The Bertz CT molecular complexity index is 335. The number of nitrogens with zero attached hydrogens (tertiary/aromatic N) is 2. The average Bonchev–Trinajstić information content (AvgIpc) is 2.38. The van der Waals surface area contributed by atoms with E-state index >= 15 is 0 Å². The number of amides is 3. The number of hydrogen-bond donors (Lipinski definition) is 2. The van der Waals surface area contributed by atoms with Crippen LogP contribution in [-0.2, 0) is 4.79 Å². The lowest BCUT2D eigenvalue weighted by atomic mass is 9.95. The summed E-state index contributed by atoms with van der Waals surface area (Å²) in [4.78, 5) is 26.7. The molecule has 2 atom stereocenters. The number of β-amino-alcohol motifs (C(OH)–C–C–N with tert-alkyl or cyclic N) is 1. The first-order valence-electron chi connectivity index (χ1n) is 6.59. The van der Waals surface area contributed by atoms with E-state index in [-0.39, 0.29) is 11.8 Å². The van der Waals surface area contributed by atoms with Gasteiger partial charge in [-0.25, -0.2) is 4.79 Å². The second-order valence-corrected chi connectivity index (χ2v) is 5.20. The predicted octanol–water partition coefficient (Wildman–Crippen LogP) is -0.240. The van der Waals surface area contributed by atoms with E-state index in [4.69, 9.17) is 5.73 Å². The quantitative estimate of drug-likeness (QED) is 0.678. The van der Waals surface area contributed by atoms with Crippen molar-refractivity contribution < 1.29 is 14.7 Å². The van der Waals surface area contributed by atoms with Gasteiger partial charge in [0.25, 0.3) is 0 Å². The number of hydrogen-bond acceptors (Lipinski definition) is 3. The Hall–Kier alpha value is -1.30. The highest BCUT2D eigenvalue weighted by Crippen LogP contribution is 2.21. The Morgan fingerprint density at radius 3 is 2.39 bits per heavy atom. The Balaban J connectivity index is 1.93. The number of urea groups is 1. The van der Waals surface area contributed by atoms with E-state index in [1.807, 2.05) is 0 Å². The number of primary amides is 1. The normalized spacial score (nSPS) is 29.2. The third-order valence-corrected chi connectivity index (χ3v) is 3.79. The number of likely N-dealkylation sites (tertiary alicyclic amines) is 2. The van der Waals surface area contributed by atoms with Crippen LogP contribution in [0.2, 0.25) is 0 Å². The molecule has 2 rings (SSSR count). The van der Waals surface area contributed by atoms with Crippen LogP contribution in [0.4, 0.5) is 4.79 Å². The topological polar surface area (TPSA) is 86.9 Å². The van der Waals surface area contributed by atoms with Crippen LogP contribution in [0.1, 0.15) is 25.7 Å². The van der Waals surface area contributed by atoms with Crippen molar-refractivity contribution in [3.8, 4) is 0 Å². The summed E-state index contributed by atoms with van der Waals surface area (Å²) < 4.78 is 0. The first-order valence-corrected chi connectivity index (χ1v) is 6.59. The van der Waals surface area contributed by atoms with E-state index in [1.165, 1.54) is 4.90 Å². The van der Waals surface area contributed by atoms with Gasteiger partial charge in [-0.05, 0) is 25.7 Å². The molecule has 102 valence electrons. The maximum Gasteiger partial charge on any atom is 0.314 e. The molecule has 2 aliphatic rings. The van der Waals surface area contributed by atoms with Gasteiger partial charge in [0.15, 0.2) is 0 Å². The number of rotatable bonds is 1. The van der Waals surface area contributed by atoms with E-state index in [1.54, 1.807) is 4.90 Å². The smallest absolute Gasteiger partial charge is 0.314 e. The largest absolute Gasteiger partial charge is 0.391 e. The molecule has 1 unspecified atom stereocenters. The number of carbonyl (C=O) groups excluding carboxylic acids is 2. The Labute approximate surface area is 107 Å². The lowest BCUT2D eigenvalue weighted by Crippen LogP contribution is -2.50. The molecule has 0 spiro atoms. The fraction of sp³-hybridized carbons (Fsp3) is 0.833. The van der Waals surface area contributed by atoms with E-state index in [0.29, 0.717) is 26.2 Å². The SMILES string of the molecule is NC(=O)N1CCCC(C(=O)N2CCC[C@H](O)C2)C1. The van der Waals surface area contributed by atoms with Crippen LogP contribution >= 0.6 is 0 Å². The van der Waals surface area contributed by atoms with Crippen LogP contribution in [0, 0.1) is 5.92 Å². The van der Waals surface area contributed by atoms with Gasteiger partial charge in [-0.2, -0.15) is 0 Å². The van der Waals surface area contributed by atoms with Gasteiger partial charge >= 0.3 is 6.03 Å². The van der Waals surface area contributed by atoms with E-state index < -0.39 is 12.1 Å². The highest BCUT2D eigenvalue weighted by atomic mass is 16.3. The molecule has 2 heterocycles. The van der Waals surface area contributed by atoms with Crippen LogP contribution in [0.15, 0.2) is 0 Å².